The van der Waals surface area contributed by atoms with Gasteiger partial charge in [-0.05, 0) is 63.6 Å². The Morgan fingerprint density at radius 2 is 1.94 bits per heavy atom. The topological polar surface area (TPSA) is 73.3 Å². The maximum atomic E-state index is 5.77. The van der Waals surface area contributed by atoms with E-state index in [9.17, 15) is 0 Å². The zero-order valence-electron chi connectivity index (χ0n) is 19.9. The van der Waals surface area contributed by atoms with Crippen molar-refractivity contribution in [3.8, 4) is 5.75 Å². The van der Waals surface area contributed by atoms with Gasteiger partial charge >= 0.3 is 0 Å². The van der Waals surface area contributed by atoms with Crippen molar-refractivity contribution in [1.29, 1.82) is 0 Å². The van der Waals surface area contributed by atoms with E-state index in [1.165, 1.54) is 5.56 Å². The van der Waals surface area contributed by atoms with Gasteiger partial charge < -0.3 is 29.6 Å². The number of hydrogen-bond acceptors (Lipinski definition) is 5. The molecule has 1 unspecified atom stereocenters. The minimum Gasteiger partial charge on any atom is -0.494 e. The molecule has 0 radical (unpaired) electrons. The van der Waals surface area contributed by atoms with E-state index < -0.39 is 0 Å². The smallest absolute Gasteiger partial charge is 0.191 e. The second kappa shape index (κ2) is 13.7. The lowest BCUT2D eigenvalue weighted by molar-refractivity contribution is 0.0168. The van der Waals surface area contributed by atoms with Crippen molar-refractivity contribution in [2.45, 2.75) is 57.5 Å². The van der Waals surface area contributed by atoms with Crippen molar-refractivity contribution >= 4 is 5.96 Å². The van der Waals surface area contributed by atoms with E-state index in [4.69, 9.17) is 23.9 Å². The minimum atomic E-state index is -0.00423. The molecule has 7 nitrogen and oxygen atoms in total. The molecule has 2 heterocycles. The lowest BCUT2D eigenvalue weighted by atomic mass is 9.74. The summed E-state index contributed by atoms with van der Waals surface area (Å²) in [5.41, 5.74) is 1.31. The van der Waals surface area contributed by atoms with Crippen molar-refractivity contribution in [2.24, 2.45) is 4.99 Å². The van der Waals surface area contributed by atoms with Crippen LogP contribution in [0.2, 0.25) is 0 Å². The van der Waals surface area contributed by atoms with Gasteiger partial charge in [0, 0.05) is 44.9 Å². The number of nitrogens with zero attached hydrogens (tertiary/aromatic N) is 1. The second-order valence-corrected chi connectivity index (χ2v) is 8.54. The first-order valence-electron chi connectivity index (χ1n) is 12.3. The van der Waals surface area contributed by atoms with E-state index >= 15 is 0 Å². The van der Waals surface area contributed by atoms with Gasteiger partial charge in [0.25, 0.3) is 0 Å². The van der Waals surface area contributed by atoms with Crippen molar-refractivity contribution in [2.75, 3.05) is 59.3 Å². The van der Waals surface area contributed by atoms with Gasteiger partial charge in [-0.25, -0.2) is 0 Å². The van der Waals surface area contributed by atoms with Gasteiger partial charge in [-0.3, -0.25) is 4.99 Å². The molecule has 2 fully saturated rings. The molecule has 32 heavy (non-hydrogen) atoms. The Kier molecular flexibility index (Phi) is 10.6. The summed E-state index contributed by atoms with van der Waals surface area (Å²) >= 11 is 0. The summed E-state index contributed by atoms with van der Waals surface area (Å²) in [4.78, 5) is 4.97. The highest BCUT2D eigenvalue weighted by Crippen LogP contribution is 2.36. The average Bonchev–Trinajstić information content (AvgIpc) is 3.34. The molecular weight excluding hydrogens is 406 g/mol. The SMILES string of the molecule is CCNC(=NCC1(c2ccc(OCC)cc2)CCOCC1)NCCCOCC1CCCO1. The summed E-state index contributed by atoms with van der Waals surface area (Å²) in [5.74, 6) is 1.78. The molecule has 0 aromatic heterocycles. The molecular formula is C25H41N3O4. The van der Waals surface area contributed by atoms with Crippen molar-refractivity contribution in [3.63, 3.8) is 0 Å². The highest BCUT2D eigenvalue weighted by molar-refractivity contribution is 5.79. The molecule has 0 spiro atoms. The Balaban J connectivity index is 1.52. The molecule has 180 valence electrons. The van der Waals surface area contributed by atoms with Crippen LogP contribution in [-0.4, -0.2) is 71.3 Å². The third-order valence-electron chi connectivity index (χ3n) is 6.20. The minimum absolute atomic E-state index is 0.00423. The molecule has 1 aromatic rings. The summed E-state index contributed by atoms with van der Waals surface area (Å²) in [7, 11) is 0. The molecule has 0 bridgehead atoms. The highest BCUT2D eigenvalue weighted by Gasteiger charge is 2.34. The Morgan fingerprint density at radius 1 is 1.12 bits per heavy atom. The van der Waals surface area contributed by atoms with Crippen LogP contribution in [0.1, 0.15) is 51.5 Å². The van der Waals surface area contributed by atoms with E-state index in [0.717, 1.165) is 89.9 Å². The monoisotopic (exact) mass is 447 g/mol. The van der Waals surface area contributed by atoms with Gasteiger partial charge in [0.05, 0.1) is 25.9 Å². The molecule has 1 atom stereocenters. The molecule has 1 aromatic carbocycles. The van der Waals surface area contributed by atoms with Gasteiger partial charge in [0.1, 0.15) is 5.75 Å². The Morgan fingerprint density at radius 3 is 2.62 bits per heavy atom. The van der Waals surface area contributed by atoms with Crippen LogP contribution in [-0.2, 0) is 19.6 Å². The fourth-order valence-electron chi connectivity index (χ4n) is 4.32. The second-order valence-electron chi connectivity index (χ2n) is 8.54. The zero-order valence-corrected chi connectivity index (χ0v) is 19.9. The molecule has 3 rings (SSSR count). The number of hydrogen-bond donors (Lipinski definition) is 2. The van der Waals surface area contributed by atoms with Crippen molar-refractivity contribution in [1.82, 2.24) is 10.6 Å². The maximum Gasteiger partial charge on any atom is 0.191 e. The van der Waals surface area contributed by atoms with Crippen LogP contribution in [0.5, 0.6) is 5.75 Å². The summed E-state index contributed by atoms with van der Waals surface area (Å²) in [6.07, 6.45) is 5.45. The highest BCUT2D eigenvalue weighted by atomic mass is 16.5. The van der Waals surface area contributed by atoms with Gasteiger partial charge in [0.15, 0.2) is 5.96 Å². The van der Waals surface area contributed by atoms with E-state index in [0.29, 0.717) is 19.3 Å². The van der Waals surface area contributed by atoms with Crippen molar-refractivity contribution < 1.29 is 18.9 Å². The average molecular weight is 448 g/mol. The molecule has 2 N–H and O–H groups in total. The standard InChI is InChI=1S/C25H41N3O4/c1-3-26-24(27-14-6-15-30-19-23-7-5-16-32-23)28-20-25(12-17-29-18-13-25)21-8-10-22(11-9-21)31-4-2/h8-11,23H,3-7,12-20H2,1-2H3,(H2,26,27,28). The Bertz CT molecular complexity index is 668. The third kappa shape index (κ3) is 7.64. The Hall–Kier alpha value is -1.83. The zero-order chi connectivity index (χ0) is 22.5. The predicted octanol–water partition coefficient (Wildman–Crippen LogP) is 3.27. The fourth-order valence-corrected chi connectivity index (χ4v) is 4.32. The number of aliphatic imine (C=N–C) groups is 1. The van der Waals surface area contributed by atoms with E-state index in [2.05, 4.69) is 41.8 Å². The van der Waals surface area contributed by atoms with Gasteiger partial charge in [0.2, 0.25) is 0 Å². The van der Waals surface area contributed by atoms with Crippen molar-refractivity contribution in [3.05, 3.63) is 29.8 Å². The molecule has 7 heteroatoms. The summed E-state index contributed by atoms with van der Waals surface area (Å²) in [5, 5.41) is 6.84. The summed E-state index contributed by atoms with van der Waals surface area (Å²) < 4.78 is 22.7. The molecule has 0 aliphatic carbocycles. The van der Waals surface area contributed by atoms with E-state index in [1.54, 1.807) is 0 Å². The molecule has 2 aliphatic heterocycles. The first kappa shape index (κ1) is 24.8. The lowest BCUT2D eigenvalue weighted by Gasteiger charge is -2.36. The van der Waals surface area contributed by atoms with Gasteiger partial charge in [-0.15, -0.1) is 0 Å². The first-order chi connectivity index (χ1) is 15.8. The summed E-state index contributed by atoms with van der Waals surface area (Å²) in [6.45, 7) is 11.0. The van der Waals surface area contributed by atoms with Crippen LogP contribution < -0.4 is 15.4 Å². The lowest BCUT2D eigenvalue weighted by Crippen LogP contribution is -2.41. The normalized spacial score (nSPS) is 20.8. The molecule has 0 saturated carbocycles. The van der Waals surface area contributed by atoms with Crippen LogP contribution >= 0.6 is 0 Å². The molecule has 2 saturated heterocycles. The number of guanidine groups is 1. The maximum absolute atomic E-state index is 5.77. The van der Waals surface area contributed by atoms with E-state index in [1.807, 2.05) is 6.92 Å². The summed E-state index contributed by atoms with van der Waals surface area (Å²) in [6, 6.07) is 8.52. The molecule has 0 amide bonds. The van der Waals surface area contributed by atoms with Crippen LogP contribution in [0.25, 0.3) is 0 Å². The largest absolute Gasteiger partial charge is 0.494 e. The predicted molar refractivity (Wildman–Crippen MR) is 128 cm³/mol. The van der Waals surface area contributed by atoms with E-state index in [-0.39, 0.29) is 5.41 Å². The third-order valence-corrected chi connectivity index (χ3v) is 6.20. The quantitative estimate of drug-likeness (QED) is 0.291. The van der Waals surface area contributed by atoms with Crippen LogP contribution in [0.3, 0.4) is 0 Å². The number of benzene rings is 1. The molecule has 2 aliphatic rings. The first-order valence-corrected chi connectivity index (χ1v) is 12.3. The van der Waals surface area contributed by atoms with Gasteiger partial charge in [-0.1, -0.05) is 12.1 Å². The fraction of sp³-hybridized carbons (Fsp3) is 0.720. The van der Waals surface area contributed by atoms with Gasteiger partial charge in [-0.2, -0.15) is 0 Å². The number of nitrogens with one attached hydrogen (secondary N) is 2. The van der Waals surface area contributed by atoms with Crippen LogP contribution in [0, 0.1) is 0 Å². The Labute approximate surface area is 193 Å². The van der Waals surface area contributed by atoms with Crippen LogP contribution in [0.4, 0.5) is 0 Å². The van der Waals surface area contributed by atoms with Crippen LogP contribution in [0.15, 0.2) is 29.3 Å². The number of rotatable bonds is 12. The number of ether oxygens (including phenoxy) is 4.